The molecule has 66 valence electrons. The molecule has 2 rings (SSSR count). The molecule has 0 saturated carbocycles. The second-order valence-electron chi connectivity index (χ2n) is 2.91. The summed E-state index contributed by atoms with van der Waals surface area (Å²) in [4.78, 5) is 0. The van der Waals surface area contributed by atoms with Crippen molar-refractivity contribution in [3.63, 3.8) is 0 Å². The molecule has 0 fully saturated rings. The van der Waals surface area contributed by atoms with Gasteiger partial charge in [0.15, 0.2) is 0 Å². The van der Waals surface area contributed by atoms with Crippen LogP contribution in [0.2, 0.25) is 5.02 Å². The van der Waals surface area contributed by atoms with Crippen molar-refractivity contribution in [3.05, 3.63) is 41.6 Å². The lowest BCUT2D eigenvalue weighted by Crippen LogP contribution is -1.81. The molecule has 0 aliphatic carbocycles. The van der Waals surface area contributed by atoms with E-state index < -0.39 is 0 Å². The molecule has 1 nitrogen and oxygen atoms in total. The Bertz CT molecular complexity index is 454. The summed E-state index contributed by atoms with van der Waals surface area (Å²) in [5.74, 6) is 0. The number of benzene rings is 1. The average molecular weight is 192 g/mol. The zero-order valence-corrected chi connectivity index (χ0v) is 8.12. The topological polar surface area (TPSA) is 4.93 Å². The Morgan fingerprint density at radius 2 is 2.15 bits per heavy atom. The normalized spacial score (nSPS) is 11.5. The van der Waals surface area contributed by atoms with Gasteiger partial charge >= 0.3 is 0 Å². The Morgan fingerprint density at radius 3 is 2.92 bits per heavy atom. The molecule has 0 aliphatic rings. The summed E-state index contributed by atoms with van der Waals surface area (Å²) >= 11 is 5.91. The molecule has 0 radical (unpaired) electrons. The van der Waals surface area contributed by atoms with Crippen LogP contribution in [0.4, 0.5) is 0 Å². The highest BCUT2D eigenvalue weighted by atomic mass is 35.5. The van der Waals surface area contributed by atoms with Crippen LogP contribution in [-0.2, 0) is 0 Å². The summed E-state index contributed by atoms with van der Waals surface area (Å²) in [6.07, 6.45) is 6.04. The summed E-state index contributed by atoms with van der Waals surface area (Å²) in [5.41, 5.74) is 1.14. The minimum atomic E-state index is 0.775. The zero-order valence-electron chi connectivity index (χ0n) is 7.37. The second-order valence-corrected chi connectivity index (χ2v) is 3.34. The van der Waals surface area contributed by atoms with Crippen LogP contribution in [0.3, 0.4) is 0 Å². The number of nitrogens with zero attached hydrogens (tertiary/aromatic N) is 1. The number of allylic oxidation sites excluding steroid dienone is 1. The lowest BCUT2D eigenvalue weighted by molar-refractivity contribution is 1.22. The fraction of sp³-hybridized carbons (Fsp3) is 0.0909. The van der Waals surface area contributed by atoms with Gasteiger partial charge in [-0.1, -0.05) is 23.7 Å². The van der Waals surface area contributed by atoms with E-state index in [1.165, 1.54) is 5.39 Å². The minimum Gasteiger partial charge on any atom is -0.324 e. The molecule has 13 heavy (non-hydrogen) atoms. The van der Waals surface area contributed by atoms with Crippen molar-refractivity contribution in [2.24, 2.45) is 0 Å². The van der Waals surface area contributed by atoms with Gasteiger partial charge in [0.25, 0.3) is 0 Å². The number of halogens is 1. The minimum absolute atomic E-state index is 0.775. The molecule has 1 aromatic heterocycles. The van der Waals surface area contributed by atoms with Crippen LogP contribution in [0.15, 0.2) is 36.5 Å². The lowest BCUT2D eigenvalue weighted by atomic mass is 10.2. The van der Waals surface area contributed by atoms with Crippen molar-refractivity contribution in [3.8, 4) is 0 Å². The molecule has 0 spiro atoms. The van der Waals surface area contributed by atoms with E-state index in [-0.39, 0.29) is 0 Å². The number of hydrogen-bond donors (Lipinski definition) is 0. The van der Waals surface area contributed by atoms with E-state index in [9.17, 15) is 0 Å². The van der Waals surface area contributed by atoms with Crippen molar-refractivity contribution in [2.45, 2.75) is 6.92 Å². The highest BCUT2D eigenvalue weighted by Crippen LogP contribution is 2.20. The number of aromatic nitrogens is 1. The zero-order chi connectivity index (χ0) is 9.26. The van der Waals surface area contributed by atoms with E-state index in [2.05, 4.69) is 10.6 Å². The quantitative estimate of drug-likeness (QED) is 0.647. The first-order valence-electron chi connectivity index (χ1n) is 4.20. The maximum atomic E-state index is 5.91. The predicted octanol–water partition coefficient (Wildman–Crippen LogP) is 3.79. The van der Waals surface area contributed by atoms with Crippen LogP contribution in [0.25, 0.3) is 17.1 Å². The van der Waals surface area contributed by atoms with E-state index >= 15 is 0 Å². The summed E-state index contributed by atoms with van der Waals surface area (Å²) < 4.78 is 2.06. The second kappa shape index (κ2) is 3.27. The molecule has 2 aromatic rings. The van der Waals surface area contributed by atoms with Gasteiger partial charge in [0.1, 0.15) is 0 Å². The monoisotopic (exact) mass is 191 g/mol. The smallest absolute Gasteiger partial charge is 0.0536 e. The van der Waals surface area contributed by atoms with E-state index in [0.29, 0.717) is 0 Å². The third-order valence-electron chi connectivity index (χ3n) is 2.00. The molecule has 0 bridgehead atoms. The van der Waals surface area contributed by atoms with Crippen LogP contribution in [0.5, 0.6) is 0 Å². The first-order chi connectivity index (χ1) is 6.31. The molecule has 1 aromatic carbocycles. The van der Waals surface area contributed by atoms with Gasteiger partial charge in [-0.3, -0.25) is 0 Å². The first kappa shape index (κ1) is 8.39. The Labute approximate surface area is 82.2 Å². The van der Waals surface area contributed by atoms with Gasteiger partial charge in [-0.05, 0) is 25.1 Å². The van der Waals surface area contributed by atoms with E-state index in [1.807, 2.05) is 43.6 Å². The molecule has 0 aliphatic heterocycles. The van der Waals surface area contributed by atoms with E-state index in [0.717, 1.165) is 10.5 Å². The molecule has 0 amide bonds. The van der Waals surface area contributed by atoms with Gasteiger partial charge in [-0.2, -0.15) is 0 Å². The van der Waals surface area contributed by atoms with Crippen LogP contribution >= 0.6 is 11.6 Å². The third-order valence-corrected chi connectivity index (χ3v) is 2.23. The van der Waals surface area contributed by atoms with Crippen LogP contribution in [0, 0.1) is 0 Å². The molecule has 1 heterocycles. The largest absolute Gasteiger partial charge is 0.324 e. The van der Waals surface area contributed by atoms with Crippen molar-refractivity contribution < 1.29 is 0 Å². The maximum absolute atomic E-state index is 5.91. The van der Waals surface area contributed by atoms with Crippen molar-refractivity contribution in [1.29, 1.82) is 0 Å². The highest BCUT2D eigenvalue weighted by Gasteiger charge is 1.98. The summed E-state index contributed by atoms with van der Waals surface area (Å²) in [6, 6.07) is 7.98. The number of rotatable bonds is 1. The van der Waals surface area contributed by atoms with Gasteiger partial charge in [0, 0.05) is 22.8 Å². The molecule has 0 atom stereocenters. The molecule has 2 heteroatoms. The number of fused-ring (bicyclic) bond motifs is 1. The molecular formula is C11H10ClN. The predicted molar refractivity (Wildman–Crippen MR) is 58.0 cm³/mol. The van der Waals surface area contributed by atoms with Crippen molar-refractivity contribution in [2.75, 3.05) is 0 Å². The molecule has 0 saturated heterocycles. The van der Waals surface area contributed by atoms with Gasteiger partial charge in [0.05, 0.1) is 5.52 Å². The Kier molecular flexibility index (Phi) is 2.11. The molecule has 0 N–H and O–H groups in total. The van der Waals surface area contributed by atoms with E-state index in [4.69, 9.17) is 11.6 Å². The standard InChI is InChI=1S/C11H10ClN/c1-2-6-13-7-5-9-3-4-10(12)8-11(9)13/h2-8H,1H3/b6-2+. The van der Waals surface area contributed by atoms with E-state index in [1.54, 1.807) is 0 Å². The Balaban J connectivity index is 2.71. The lowest BCUT2D eigenvalue weighted by Gasteiger charge is -1.97. The fourth-order valence-corrected chi connectivity index (χ4v) is 1.58. The summed E-state index contributed by atoms with van der Waals surface area (Å²) in [7, 11) is 0. The number of hydrogen-bond acceptors (Lipinski definition) is 0. The van der Waals surface area contributed by atoms with Crippen molar-refractivity contribution in [1.82, 2.24) is 4.57 Å². The SMILES string of the molecule is C/C=C/n1ccc2ccc(Cl)cc21. The molecular weight excluding hydrogens is 182 g/mol. The highest BCUT2D eigenvalue weighted by molar-refractivity contribution is 6.31. The molecule has 0 unspecified atom stereocenters. The Hall–Kier alpha value is -1.21. The average Bonchev–Trinajstić information content (AvgIpc) is 2.49. The van der Waals surface area contributed by atoms with Gasteiger partial charge in [-0.15, -0.1) is 0 Å². The van der Waals surface area contributed by atoms with Crippen LogP contribution in [0.1, 0.15) is 6.92 Å². The van der Waals surface area contributed by atoms with Crippen LogP contribution < -0.4 is 0 Å². The maximum Gasteiger partial charge on any atom is 0.0536 e. The van der Waals surface area contributed by atoms with Gasteiger partial charge in [0.2, 0.25) is 0 Å². The fourth-order valence-electron chi connectivity index (χ4n) is 1.41. The summed E-state index contributed by atoms with van der Waals surface area (Å²) in [6.45, 7) is 2.00. The van der Waals surface area contributed by atoms with Crippen molar-refractivity contribution >= 4 is 28.7 Å². The Morgan fingerprint density at radius 1 is 1.31 bits per heavy atom. The first-order valence-corrected chi connectivity index (χ1v) is 4.58. The van der Waals surface area contributed by atoms with Gasteiger partial charge in [-0.25, -0.2) is 0 Å². The summed E-state index contributed by atoms with van der Waals surface area (Å²) in [5, 5.41) is 1.99. The van der Waals surface area contributed by atoms with Gasteiger partial charge < -0.3 is 4.57 Å². The van der Waals surface area contributed by atoms with Crippen LogP contribution in [-0.4, -0.2) is 4.57 Å². The third kappa shape index (κ3) is 1.47.